The van der Waals surface area contributed by atoms with E-state index in [1.807, 2.05) is 0 Å². The minimum atomic E-state index is -4.55. The molecule has 4 rings (SSSR count). The third-order valence-electron chi connectivity index (χ3n) is 8.20. The van der Waals surface area contributed by atoms with E-state index in [2.05, 4.69) is 37.5 Å². The van der Waals surface area contributed by atoms with Crippen LogP contribution in [0.5, 0.6) is 0 Å². The highest BCUT2D eigenvalue weighted by Crippen LogP contribution is 2.42. The number of nitrogens with zero attached hydrogens (tertiary/aromatic N) is 2. The standard InChI is InChI=1S/C27H42F3N3O/c1-19(2)33(20(3)4)16-14-26(25(31)34,23-7-5-6-8-24(23)27(28,29)30)13-15-32-17-21-9-10-22(18-32)12-11-21/h5-8,19-22H,9-18H2,1-4H3,(H2,31,34). The Labute approximate surface area is 203 Å². The van der Waals surface area contributed by atoms with Crippen LogP contribution in [0.1, 0.15) is 77.3 Å². The fraction of sp³-hybridized carbons (Fsp3) is 0.741. The smallest absolute Gasteiger partial charge is 0.369 e. The number of halogens is 3. The second-order valence-electron chi connectivity index (χ2n) is 11.1. The first kappa shape index (κ1) is 27.0. The first-order valence-corrected chi connectivity index (χ1v) is 12.9. The molecule has 2 bridgehead atoms. The Balaban J connectivity index is 1.96. The number of hydrogen-bond donors (Lipinski definition) is 1. The zero-order valence-corrected chi connectivity index (χ0v) is 21.2. The second-order valence-corrected chi connectivity index (χ2v) is 11.1. The predicted octanol–water partition coefficient (Wildman–Crippen LogP) is 5.45. The van der Waals surface area contributed by atoms with Crippen molar-refractivity contribution in [1.82, 2.24) is 9.80 Å². The summed E-state index contributed by atoms with van der Waals surface area (Å²) in [6, 6.07) is 5.96. The number of primary amides is 1. The molecule has 0 spiro atoms. The van der Waals surface area contributed by atoms with E-state index in [-0.39, 0.29) is 24.1 Å². The summed E-state index contributed by atoms with van der Waals surface area (Å²) in [4.78, 5) is 17.8. The molecular formula is C27H42F3N3O. The van der Waals surface area contributed by atoms with Crippen molar-refractivity contribution in [3.8, 4) is 0 Å². The lowest BCUT2D eigenvalue weighted by molar-refractivity contribution is -0.139. The van der Waals surface area contributed by atoms with Crippen LogP contribution in [0.15, 0.2) is 24.3 Å². The third kappa shape index (κ3) is 6.14. The molecule has 34 heavy (non-hydrogen) atoms. The van der Waals surface area contributed by atoms with Gasteiger partial charge in [0.05, 0.1) is 11.0 Å². The lowest BCUT2D eigenvalue weighted by Gasteiger charge is -2.39. The number of hydrogen-bond acceptors (Lipinski definition) is 3. The van der Waals surface area contributed by atoms with Crippen LogP contribution < -0.4 is 5.73 Å². The molecule has 7 heteroatoms. The summed E-state index contributed by atoms with van der Waals surface area (Å²) in [6.45, 7) is 11.3. The Kier molecular flexibility index (Phi) is 8.72. The van der Waals surface area contributed by atoms with Crippen molar-refractivity contribution < 1.29 is 18.0 Å². The number of nitrogens with two attached hydrogens (primary N) is 1. The third-order valence-corrected chi connectivity index (χ3v) is 8.20. The highest BCUT2D eigenvalue weighted by molar-refractivity contribution is 5.87. The van der Waals surface area contributed by atoms with Gasteiger partial charge in [-0.1, -0.05) is 18.2 Å². The van der Waals surface area contributed by atoms with Gasteiger partial charge < -0.3 is 10.6 Å². The Morgan fingerprint density at radius 3 is 1.91 bits per heavy atom. The molecule has 0 aromatic heterocycles. The summed E-state index contributed by atoms with van der Waals surface area (Å²) in [5, 5.41) is 0. The van der Waals surface area contributed by atoms with Gasteiger partial charge in [0.2, 0.25) is 5.91 Å². The van der Waals surface area contributed by atoms with Crippen molar-refractivity contribution in [3.05, 3.63) is 35.4 Å². The molecular weight excluding hydrogens is 439 g/mol. The van der Waals surface area contributed by atoms with Crippen LogP contribution >= 0.6 is 0 Å². The quantitative estimate of drug-likeness (QED) is 0.484. The van der Waals surface area contributed by atoms with E-state index >= 15 is 0 Å². The van der Waals surface area contributed by atoms with E-state index in [9.17, 15) is 18.0 Å². The molecule has 2 heterocycles. The summed E-state index contributed by atoms with van der Waals surface area (Å²) in [6.07, 6.45) is 0.960. The highest BCUT2D eigenvalue weighted by atomic mass is 19.4. The van der Waals surface area contributed by atoms with Gasteiger partial charge in [0.1, 0.15) is 0 Å². The SMILES string of the molecule is CC(C)N(CCC(CCN1CC2CCC(CC2)C1)(C(N)=O)c1ccccc1C(F)(F)F)C(C)C. The minimum absolute atomic E-state index is 0.0280. The summed E-state index contributed by atoms with van der Waals surface area (Å²) >= 11 is 0. The van der Waals surface area contributed by atoms with Gasteiger partial charge in [-0.15, -0.1) is 0 Å². The van der Waals surface area contributed by atoms with Gasteiger partial charge in [-0.25, -0.2) is 0 Å². The van der Waals surface area contributed by atoms with E-state index in [0.717, 1.165) is 19.2 Å². The maximum absolute atomic E-state index is 14.1. The first-order valence-electron chi connectivity index (χ1n) is 12.9. The van der Waals surface area contributed by atoms with E-state index < -0.39 is 23.1 Å². The molecule has 1 atom stereocenters. The summed E-state index contributed by atoms with van der Waals surface area (Å²) in [7, 11) is 0. The first-order chi connectivity index (χ1) is 15.9. The van der Waals surface area contributed by atoms with Gasteiger partial charge in [-0.2, -0.15) is 13.2 Å². The van der Waals surface area contributed by atoms with Crippen LogP contribution in [0, 0.1) is 11.8 Å². The number of carbonyl (C=O) groups excluding carboxylic acids is 1. The van der Waals surface area contributed by atoms with Crippen molar-refractivity contribution in [3.63, 3.8) is 0 Å². The largest absolute Gasteiger partial charge is 0.416 e. The van der Waals surface area contributed by atoms with E-state index in [1.54, 1.807) is 6.07 Å². The molecule has 192 valence electrons. The molecule has 1 unspecified atom stereocenters. The molecule has 2 N–H and O–H groups in total. The minimum Gasteiger partial charge on any atom is -0.369 e. The molecule has 1 saturated carbocycles. The summed E-state index contributed by atoms with van der Waals surface area (Å²) in [5.74, 6) is 0.651. The molecule has 1 aliphatic carbocycles. The second kappa shape index (κ2) is 11.0. The van der Waals surface area contributed by atoms with Crippen LogP contribution in [0.25, 0.3) is 0 Å². The Morgan fingerprint density at radius 2 is 1.47 bits per heavy atom. The van der Waals surface area contributed by atoms with Crippen LogP contribution in [-0.2, 0) is 16.4 Å². The van der Waals surface area contributed by atoms with E-state index in [1.165, 1.54) is 37.8 Å². The molecule has 1 aromatic rings. The molecule has 3 fully saturated rings. The zero-order chi connectivity index (χ0) is 25.1. The average molecular weight is 482 g/mol. The van der Waals surface area contributed by atoms with Crippen LogP contribution in [0.4, 0.5) is 13.2 Å². The van der Waals surface area contributed by atoms with E-state index in [4.69, 9.17) is 5.73 Å². The summed E-state index contributed by atoms with van der Waals surface area (Å²) in [5.41, 5.74) is 3.93. The number of fused-ring (bicyclic) bond motifs is 4. The molecule has 1 aromatic carbocycles. The van der Waals surface area contributed by atoms with Gasteiger partial charge in [0.15, 0.2) is 0 Å². The van der Waals surface area contributed by atoms with Gasteiger partial charge in [-0.05, 0) is 96.2 Å². The maximum atomic E-state index is 14.1. The Hall–Kier alpha value is -1.60. The lowest BCUT2D eigenvalue weighted by Crippen LogP contribution is -2.49. The maximum Gasteiger partial charge on any atom is 0.416 e. The number of alkyl halides is 3. The van der Waals surface area contributed by atoms with Crippen molar-refractivity contribution in [2.24, 2.45) is 17.6 Å². The summed E-state index contributed by atoms with van der Waals surface area (Å²) < 4.78 is 42.3. The fourth-order valence-electron chi connectivity index (χ4n) is 6.29. The molecule has 4 nitrogen and oxygen atoms in total. The van der Waals surface area contributed by atoms with Gasteiger partial charge >= 0.3 is 6.18 Å². The topological polar surface area (TPSA) is 49.6 Å². The molecule has 2 aliphatic heterocycles. The molecule has 1 amide bonds. The van der Waals surface area contributed by atoms with Crippen LogP contribution in [-0.4, -0.2) is 54.0 Å². The number of carbonyl (C=O) groups is 1. The van der Waals surface area contributed by atoms with Crippen LogP contribution in [0.2, 0.25) is 0 Å². The Bertz CT molecular complexity index is 796. The van der Waals surface area contributed by atoms with Gasteiger partial charge in [-0.3, -0.25) is 9.69 Å². The lowest BCUT2D eigenvalue weighted by atomic mass is 9.71. The van der Waals surface area contributed by atoms with Crippen molar-refractivity contribution in [1.29, 1.82) is 0 Å². The fourth-order valence-corrected chi connectivity index (χ4v) is 6.29. The predicted molar refractivity (Wildman–Crippen MR) is 130 cm³/mol. The average Bonchev–Trinajstić information content (AvgIpc) is 3.08. The number of benzene rings is 1. The monoisotopic (exact) mass is 481 g/mol. The van der Waals surface area contributed by atoms with Crippen molar-refractivity contribution >= 4 is 5.91 Å². The molecule has 3 aliphatic rings. The Morgan fingerprint density at radius 1 is 0.971 bits per heavy atom. The van der Waals surface area contributed by atoms with Crippen molar-refractivity contribution in [2.45, 2.75) is 89.9 Å². The number of amides is 1. The van der Waals surface area contributed by atoms with Crippen LogP contribution in [0.3, 0.4) is 0 Å². The number of rotatable bonds is 10. The van der Waals surface area contributed by atoms with Crippen molar-refractivity contribution in [2.75, 3.05) is 26.2 Å². The molecule has 0 radical (unpaired) electrons. The van der Waals surface area contributed by atoms with Gasteiger partial charge in [0.25, 0.3) is 0 Å². The normalized spacial score (nSPS) is 23.5. The zero-order valence-electron chi connectivity index (χ0n) is 21.2. The van der Waals surface area contributed by atoms with Gasteiger partial charge in [0, 0.05) is 31.7 Å². The highest BCUT2D eigenvalue weighted by Gasteiger charge is 2.46. The van der Waals surface area contributed by atoms with E-state index in [0.29, 0.717) is 31.3 Å². The molecule has 2 saturated heterocycles.